The lowest BCUT2D eigenvalue weighted by Crippen LogP contribution is -2.04. The summed E-state index contributed by atoms with van der Waals surface area (Å²) in [4.78, 5) is 8.23. The first-order chi connectivity index (χ1) is 12.2. The van der Waals surface area contributed by atoms with E-state index in [-0.39, 0.29) is 6.61 Å². The third-order valence-electron chi connectivity index (χ3n) is 4.30. The van der Waals surface area contributed by atoms with Crippen molar-refractivity contribution in [3.8, 4) is 0 Å². The Morgan fingerprint density at radius 2 is 1.72 bits per heavy atom. The van der Waals surface area contributed by atoms with Gasteiger partial charge in [-0.3, -0.25) is 0 Å². The van der Waals surface area contributed by atoms with E-state index in [1.165, 1.54) is 0 Å². The molecule has 4 N–H and O–H groups in total. The van der Waals surface area contributed by atoms with E-state index >= 15 is 0 Å². The van der Waals surface area contributed by atoms with Crippen LogP contribution in [0.3, 0.4) is 0 Å². The number of rotatable bonds is 7. The molecule has 0 aliphatic carbocycles. The molecule has 25 heavy (non-hydrogen) atoms. The molecule has 1 heterocycles. The Labute approximate surface area is 147 Å². The summed E-state index contributed by atoms with van der Waals surface area (Å²) in [5, 5.41) is 14.3. The lowest BCUT2D eigenvalue weighted by Gasteiger charge is -2.14. The minimum Gasteiger partial charge on any atom is -0.399 e. The first kappa shape index (κ1) is 17.0. The van der Waals surface area contributed by atoms with Gasteiger partial charge in [0.05, 0.1) is 23.3 Å². The molecule has 0 saturated carbocycles. The molecule has 5 nitrogen and oxygen atoms in total. The lowest BCUT2D eigenvalue weighted by atomic mass is 10.1. The Hall–Kier alpha value is -2.84. The van der Waals surface area contributed by atoms with Crippen LogP contribution in [0.1, 0.15) is 25.7 Å². The fourth-order valence-electron chi connectivity index (χ4n) is 3.01. The summed E-state index contributed by atoms with van der Waals surface area (Å²) < 4.78 is 0. The van der Waals surface area contributed by atoms with Crippen LogP contribution >= 0.6 is 0 Å². The Bertz CT molecular complexity index is 930. The molecule has 0 aliphatic heterocycles. The number of hydrogen-bond acceptors (Lipinski definition) is 4. The zero-order valence-electron chi connectivity index (χ0n) is 14.1. The minimum absolute atomic E-state index is 0.256. The maximum Gasteiger partial charge on any atom is 0.188 e. The van der Waals surface area contributed by atoms with E-state index in [2.05, 4.69) is 10.2 Å². The van der Waals surface area contributed by atoms with Gasteiger partial charge >= 0.3 is 0 Å². The van der Waals surface area contributed by atoms with Crippen molar-refractivity contribution in [3.05, 3.63) is 47.8 Å². The highest BCUT2D eigenvalue weighted by atomic mass is 16.2. The van der Waals surface area contributed by atoms with Gasteiger partial charge in [-0.1, -0.05) is 18.9 Å². The number of nitrogen functional groups attached to an aromatic ring is 1. The summed E-state index contributed by atoms with van der Waals surface area (Å²) in [6.45, 7) is 8.35. The van der Waals surface area contributed by atoms with E-state index in [9.17, 15) is 0 Å². The average molecular weight is 334 g/mol. The number of aliphatic hydroxyl groups excluding tert-OH is 1. The monoisotopic (exact) mass is 334 g/mol. The normalized spacial score (nSPS) is 10.9. The zero-order valence-corrected chi connectivity index (χ0v) is 14.1. The van der Waals surface area contributed by atoms with Gasteiger partial charge in [-0.2, -0.15) is 0 Å². The number of unbranched alkanes of at least 4 members (excludes halogenated alkanes) is 3. The standard InChI is InChI=1S/C20H22N4O/c1-22-15-7-9-19-17(13-15)20(23-10-4-2-3-5-11-25)16-12-14(21)6-8-18(16)24-19/h6-9,12-13,25H,2-5,10-11,21H2,(H,23,24). The van der Waals surface area contributed by atoms with Crippen LogP contribution in [0.4, 0.5) is 17.1 Å². The molecule has 0 unspecified atom stereocenters. The van der Waals surface area contributed by atoms with E-state index < -0.39 is 0 Å². The SMILES string of the molecule is [C-]#[N+]c1ccc2nc3ccc(N)cc3c(NCCCCCCO)c2c1. The summed E-state index contributed by atoms with van der Waals surface area (Å²) in [6.07, 6.45) is 3.98. The number of pyridine rings is 1. The zero-order chi connectivity index (χ0) is 17.6. The van der Waals surface area contributed by atoms with Crippen molar-refractivity contribution in [2.24, 2.45) is 0 Å². The van der Waals surface area contributed by atoms with Gasteiger partial charge in [-0.25, -0.2) is 9.83 Å². The van der Waals surface area contributed by atoms with Crippen LogP contribution in [0.2, 0.25) is 0 Å². The van der Waals surface area contributed by atoms with Crippen molar-refractivity contribution in [1.82, 2.24) is 4.98 Å². The number of aromatic nitrogens is 1. The predicted octanol–water partition coefficient (Wildman–Crippen LogP) is 4.49. The summed E-state index contributed by atoms with van der Waals surface area (Å²) >= 11 is 0. The molecule has 0 fully saturated rings. The molecule has 5 heteroatoms. The van der Waals surface area contributed by atoms with Crippen molar-refractivity contribution in [2.75, 3.05) is 24.2 Å². The van der Waals surface area contributed by atoms with E-state index in [0.29, 0.717) is 11.4 Å². The van der Waals surface area contributed by atoms with Crippen LogP contribution < -0.4 is 11.1 Å². The molecule has 3 aromatic rings. The second-order valence-electron chi connectivity index (χ2n) is 6.14. The highest BCUT2D eigenvalue weighted by Gasteiger charge is 2.10. The minimum atomic E-state index is 0.256. The summed E-state index contributed by atoms with van der Waals surface area (Å²) in [5.74, 6) is 0. The molecular weight excluding hydrogens is 312 g/mol. The number of benzene rings is 2. The van der Waals surface area contributed by atoms with Gasteiger partial charge in [0.1, 0.15) is 0 Å². The molecule has 1 aromatic heterocycles. The third kappa shape index (κ3) is 3.81. The molecule has 0 spiro atoms. The number of hydrogen-bond donors (Lipinski definition) is 3. The van der Waals surface area contributed by atoms with Crippen molar-refractivity contribution >= 4 is 38.9 Å². The molecule has 0 saturated heterocycles. The largest absolute Gasteiger partial charge is 0.399 e. The van der Waals surface area contributed by atoms with Gasteiger partial charge in [0.15, 0.2) is 5.69 Å². The van der Waals surface area contributed by atoms with Gasteiger partial charge in [-0.05, 0) is 43.2 Å². The Morgan fingerprint density at radius 3 is 2.48 bits per heavy atom. The second-order valence-corrected chi connectivity index (χ2v) is 6.14. The molecule has 0 aliphatic rings. The van der Waals surface area contributed by atoms with Crippen LogP contribution in [-0.2, 0) is 0 Å². The van der Waals surface area contributed by atoms with Gasteiger partial charge in [-0.15, -0.1) is 0 Å². The van der Waals surface area contributed by atoms with Crippen LogP contribution in [-0.4, -0.2) is 23.2 Å². The molecule has 0 amide bonds. The van der Waals surface area contributed by atoms with Gasteiger partial charge in [0.25, 0.3) is 0 Å². The maximum atomic E-state index is 8.85. The van der Waals surface area contributed by atoms with Crippen molar-refractivity contribution in [1.29, 1.82) is 0 Å². The van der Waals surface area contributed by atoms with E-state index in [1.807, 2.05) is 30.3 Å². The number of nitrogens with two attached hydrogens (primary N) is 1. The molecule has 0 bridgehead atoms. The van der Waals surface area contributed by atoms with Crippen LogP contribution in [0.5, 0.6) is 0 Å². The quantitative estimate of drug-likeness (QED) is 0.258. The Morgan fingerprint density at radius 1 is 1.00 bits per heavy atom. The summed E-state index contributed by atoms with van der Waals surface area (Å²) in [5.41, 5.74) is 10.0. The van der Waals surface area contributed by atoms with Gasteiger partial charge in [0.2, 0.25) is 0 Å². The predicted molar refractivity (Wildman–Crippen MR) is 104 cm³/mol. The highest BCUT2D eigenvalue weighted by molar-refractivity contribution is 6.09. The van der Waals surface area contributed by atoms with Gasteiger partial charge < -0.3 is 16.2 Å². The Balaban J connectivity index is 1.98. The number of nitrogens with zero attached hydrogens (tertiary/aromatic N) is 2. The van der Waals surface area contributed by atoms with E-state index in [1.54, 1.807) is 6.07 Å². The molecule has 2 aromatic carbocycles. The topological polar surface area (TPSA) is 75.5 Å². The van der Waals surface area contributed by atoms with E-state index in [0.717, 1.165) is 59.7 Å². The van der Waals surface area contributed by atoms with Crippen molar-refractivity contribution < 1.29 is 5.11 Å². The smallest absolute Gasteiger partial charge is 0.188 e. The maximum absolute atomic E-state index is 8.85. The summed E-state index contributed by atoms with van der Waals surface area (Å²) in [7, 11) is 0. The van der Waals surface area contributed by atoms with Crippen molar-refractivity contribution in [2.45, 2.75) is 25.7 Å². The summed E-state index contributed by atoms with van der Waals surface area (Å²) in [6, 6.07) is 11.3. The molecular formula is C20H22N4O. The number of fused-ring (bicyclic) bond motifs is 2. The van der Waals surface area contributed by atoms with E-state index in [4.69, 9.17) is 22.4 Å². The number of anilines is 2. The fourth-order valence-corrected chi connectivity index (χ4v) is 3.01. The lowest BCUT2D eigenvalue weighted by molar-refractivity contribution is 0.283. The molecule has 128 valence electrons. The third-order valence-corrected chi connectivity index (χ3v) is 4.30. The first-order valence-corrected chi connectivity index (χ1v) is 8.58. The molecule has 0 atom stereocenters. The second kappa shape index (κ2) is 7.82. The number of aliphatic hydroxyl groups is 1. The average Bonchev–Trinajstić information content (AvgIpc) is 2.63. The van der Waals surface area contributed by atoms with Gasteiger partial charge in [0, 0.05) is 29.6 Å². The molecule has 0 radical (unpaired) electrons. The van der Waals surface area contributed by atoms with Crippen LogP contribution in [0.25, 0.3) is 26.7 Å². The highest BCUT2D eigenvalue weighted by Crippen LogP contribution is 2.34. The number of nitrogens with one attached hydrogen (secondary N) is 1. The van der Waals surface area contributed by atoms with Crippen LogP contribution in [0, 0.1) is 6.57 Å². The van der Waals surface area contributed by atoms with Crippen LogP contribution in [0.15, 0.2) is 36.4 Å². The fraction of sp³-hybridized carbons (Fsp3) is 0.300. The first-order valence-electron chi connectivity index (χ1n) is 8.58. The Kier molecular flexibility index (Phi) is 5.32. The molecule has 3 rings (SSSR count). The van der Waals surface area contributed by atoms with Crippen molar-refractivity contribution in [3.63, 3.8) is 0 Å².